The van der Waals surface area contributed by atoms with Gasteiger partial charge in [-0.3, -0.25) is 9.59 Å². The van der Waals surface area contributed by atoms with E-state index in [1.165, 1.54) is 5.56 Å². The van der Waals surface area contributed by atoms with Crippen molar-refractivity contribution in [2.75, 3.05) is 10.6 Å². The molecule has 1 aromatic heterocycles. The number of carbonyl (C=O) groups is 3. The standard InChI is InChI=1S/C49H59N5O4/c1-10-14-34(15-11-2)44-39-19-18-35(47(56)53-49(22-12-13-23-49)33(9)52-42-25-36(48(57)58)17-16-29(42)5)26-43(39)54-27-37(46(50)55)24-40-31(7)41(21-20-38(40)45(44)54)51-32(8)30(6)28(3)4/h16-21,25-26,34,37,51-52H,3,6,8-15,22-24,27H2,1-2,4-5,7H3,(H2,50,55)(H,53,56)(H,57,58). The Morgan fingerprint density at radius 2 is 1.59 bits per heavy atom. The molecule has 1 aliphatic heterocycles. The molecule has 4 aromatic rings. The molecule has 2 heterocycles. The smallest absolute Gasteiger partial charge is 0.335 e. The van der Waals surface area contributed by atoms with Crippen LogP contribution in [0.15, 0.2) is 97.4 Å². The van der Waals surface area contributed by atoms with Gasteiger partial charge in [-0.05, 0) is 123 Å². The maximum absolute atomic E-state index is 14.5. The zero-order valence-electron chi connectivity index (χ0n) is 34.9. The van der Waals surface area contributed by atoms with Crippen LogP contribution < -0.4 is 21.7 Å². The topological polar surface area (TPSA) is 138 Å². The summed E-state index contributed by atoms with van der Waals surface area (Å²) >= 11 is 0. The maximum Gasteiger partial charge on any atom is 0.335 e. The average Bonchev–Trinajstić information content (AvgIpc) is 3.74. The number of anilines is 2. The van der Waals surface area contributed by atoms with Crippen molar-refractivity contribution in [3.8, 4) is 11.3 Å². The van der Waals surface area contributed by atoms with Gasteiger partial charge in [-0.1, -0.05) is 84.0 Å². The van der Waals surface area contributed by atoms with Crippen molar-refractivity contribution in [3.63, 3.8) is 0 Å². The third-order valence-electron chi connectivity index (χ3n) is 12.5. The Kier molecular flexibility index (Phi) is 12.2. The molecule has 58 heavy (non-hydrogen) atoms. The number of aryl methyl sites for hydroxylation is 1. The maximum atomic E-state index is 14.5. The normalized spacial score (nSPS) is 15.6. The molecule has 6 rings (SSSR count). The lowest BCUT2D eigenvalue weighted by Crippen LogP contribution is -2.49. The molecule has 1 unspecified atom stereocenters. The second-order valence-electron chi connectivity index (χ2n) is 16.5. The van der Waals surface area contributed by atoms with Gasteiger partial charge in [-0.15, -0.1) is 0 Å². The second-order valence-corrected chi connectivity index (χ2v) is 16.5. The molecule has 0 bridgehead atoms. The molecular formula is C49H59N5O4. The predicted molar refractivity (Wildman–Crippen MR) is 237 cm³/mol. The number of allylic oxidation sites excluding steroid dienone is 1. The zero-order valence-corrected chi connectivity index (χ0v) is 34.9. The lowest BCUT2D eigenvalue weighted by Gasteiger charge is -2.33. The molecule has 1 saturated carbocycles. The number of fused-ring (bicyclic) bond motifs is 5. The number of nitrogens with one attached hydrogen (secondary N) is 3. The number of aromatic carboxylic acids is 1. The molecule has 6 N–H and O–H groups in total. The minimum Gasteiger partial charge on any atom is -0.478 e. The lowest BCUT2D eigenvalue weighted by atomic mass is 9.84. The van der Waals surface area contributed by atoms with Crippen LogP contribution >= 0.6 is 0 Å². The molecule has 3 aromatic carbocycles. The number of benzene rings is 3. The van der Waals surface area contributed by atoms with Crippen molar-refractivity contribution in [1.82, 2.24) is 9.88 Å². The number of carboxylic acid groups (broad SMARTS) is 1. The fraction of sp³-hybridized carbons (Fsp3) is 0.367. The molecule has 9 heteroatoms. The highest BCUT2D eigenvalue weighted by molar-refractivity contribution is 6.02. The molecule has 0 radical (unpaired) electrons. The number of hydrogen-bond donors (Lipinski definition) is 5. The van der Waals surface area contributed by atoms with Crippen LogP contribution in [0, 0.1) is 19.8 Å². The zero-order chi connectivity index (χ0) is 42.1. The van der Waals surface area contributed by atoms with E-state index in [2.05, 4.69) is 85.8 Å². The molecule has 0 saturated heterocycles. The first kappa shape index (κ1) is 41.8. The summed E-state index contributed by atoms with van der Waals surface area (Å²) in [5.41, 5.74) is 17.8. The molecule has 1 aliphatic carbocycles. The average molecular weight is 782 g/mol. The first-order valence-corrected chi connectivity index (χ1v) is 20.6. The van der Waals surface area contributed by atoms with E-state index in [1.54, 1.807) is 18.2 Å². The quantitative estimate of drug-likeness (QED) is 0.0718. The molecule has 2 aliphatic rings. The Morgan fingerprint density at radius 1 is 0.914 bits per heavy atom. The van der Waals surface area contributed by atoms with E-state index < -0.39 is 17.4 Å². The first-order chi connectivity index (χ1) is 27.6. The van der Waals surface area contributed by atoms with Crippen LogP contribution in [0.5, 0.6) is 0 Å². The van der Waals surface area contributed by atoms with E-state index in [4.69, 9.17) is 5.73 Å². The number of nitrogens with zero attached hydrogens (tertiary/aromatic N) is 1. The Morgan fingerprint density at radius 3 is 2.21 bits per heavy atom. The number of aromatic nitrogens is 1. The molecule has 1 fully saturated rings. The summed E-state index contributed by atoms with van der Waals surface area (Å²) < 4.78 is 2.25. The van der Waals surface area contributed by atoms with Gasteiger partial charge in [0.2, 0.25) is 5.91 Å². The number of amides is 2. The fourth-order valence-electron chi connectivity index (χ4n) is 9.08. The van der Waals surface area contributed by atoms with Crippen LogP contribution in [-0.2, 0) is 17.8 Å². The van der Waals surface area contributed by atoms with Gasteiger partial charge in [-0.25, -0.2) is 4.79 Å². The SMILES string of the molecule is C=C(C)C(=C)C(=C)Nc1ccc2c(c1C)CC(C(N)=O)Cn1c-2c(C(CCC)CCC)c2ccc(C(=O)NC3(C(=C)Nc4cc(C(=O)O)ccc4C)CCCC3)cc21. The summed E-state index contributed by atoms with van der Waals surface area (Å²) in [6.07, 6.45) is 7.76. The molecule has 9 nitrogen and oxygen atoms in total. The summed E-state index contributed by atoms with van der Waals surface area (Å²) in [4.78, 5) is 39.5. The number of rotatable bonds is 16. The van der Waals surface area contributed by atoms with Gasteiger partial charge in [0.05, 0.1) is 22.7 Å². The lowest BCUT2D eigenvalue weighted by molar-refractivity contribution is -0.122. The van der Waals surface area contributed by atoms with Crippen LogP contribution in [0.2, 0.25) is 0 Å². The third-order valence-corrected chi connectivity index (χ3v) is 12.5. The predicted octanol–water partition coefficient (Wildman–Crippen LogP) is 10.7. The van der Waals surface area contributed by atoms with Crippen molar-refractivity contribution in [2.24, 2.45) is 11.7 Å². The summed E-state index contributed by atoms with van der Waals surface area (Å²) in [6, 6.07) is 15.2. The minimum atomic E-state index is -1.01. The van der Waals surface area contributed by atoms with Gasteiger partial charge in [0, 0.05) is 51.3 Å². The number of nitrogens with two attached hydrogens (primary N) is 1. The third kappa shape index (κ3) is 8.00. The van der Waals surface area contributed by atoms with Gasteiger partial charge in [0.1, 0.15) is 0 Å². The minimum absolute atomic E-state index is 0.175. The fourth-order valence-corrected chi connectivity index (χ4v) is 9.08. The number of hydrogen-bond acceptors (Lipinski definition) is 5. The van der Waals surface area contributed by atoms with E-state index in [1.807, 2.05) is 26.0 Å². The highest BCUT2D eigenvalue weighted by Gasteiger charge is 2.39. The summed E-state index contributed by atoms with van der Waals surface area (Å²) in [6.45, 7) is 27.5. The summed E-state index contributed by atoms with van der Waals surface area (Å²) in [7, 11) is 0. The number of primary amides is 1. The largest absolute Gasteiger partial charge is 0.478 e. The Labute approximate surface area is 343 Å². The van der Waals surface area contributed by atoms with Gasteiger partial charge in [-0.2, -0.15) is 0 Å². The number of carboxylic acids is 1. The molecule has 0 spiro atoms. The van der Waals surface area contributed by atoms with Crippen LogP contribution in [0.3, 0.4) is 0 Å². The van der Waals surface area contributed by atoms with Crippen molar-refractivity contribution in [2.45, 2.75) is 110 Å². The van der Waals surface area contributed by atoms with E-state index in [0.29, 0.717) is 48.5 Å². The van der Waals surface area contributed by atoms with Gasteiger partial charge < -0.3 is 31.4 Å². The molecular weight excluding hydrogens is 723 g/mol. The van der Waals surface area contributed by atoms with Gasteiger partial charge in [0.15, 0.2) is 0 Å². The van der Waals surface area contributed by atoms with Crippen molar-refractivity contribution < 1.29 is 19.5 Å². The van der Waals surface area contributed by atoms with Crippen LogP contribution in [0.25, 0.3) is 22.2 Å². The van der Waals surface area contributed by atoms with Crippen LogP contribution in [0.1, 0.15) is 121 Å². The van der Waals surface area contributed by atoms with Crippen LogP contribution in [-0.4, -0.2) is 33.0 Å². The Hall–Kier alpha value is -5.83. The Balaban J connectivity index is 1.46. The first-order valence-electron chi connectivity index (χ1n) is 20.6. The molecule has 1 atom stereocenters. The highest BCUT2D eigenvalue weighted by atomic mass is 16.4. The monoisotopic (exact) mass is 781 g/mol. The number of carbonyl (C=O) groups excluding carboxylic acids is 2. The summed E-state index contributed by atoms with van der Waals surface area (Å²) in [5, 5.41) is 20.9. The van der Waals surface area contributed by atoms with Gasteiger partial charge >= 0.3 is 5.97 Å². The Bertz CT molecular complexity index is 2350. The van der Waals surface area contributed by atoms with E-state index in [-0.39, 0.29) is 23.3 Å². The van der Waals surface area contributed by atoms with Gasteiger partial charge in [0.25, 0.3) is 5.91 Å². The van der Waals surface area contributed by atoms with Crippen molar-refractivity contribution in [3.05, 3.63) is 131 Å². The second kappa shape index (κ2) is 16.9. The van der Waals surface area contributed by atoms with Crippen molar-refractivity contribution in [1.29, 1.82) is 0 Å². The molecule has 304 valence electrons. The van der Waals surface area contributed by atoms with E-state index in [9.17, 15) is 19.5 Å². The summed E-state index contributed by atoms with van der Waals surface area (Å²) in [5.74, 6) is -1.82. The van der Waals surface area contributed by atoms with E-state index in [0.717, 1.165) is 94.2 Å². The van der Waals surface area contributed by atoms with Crippen LogP contribution in [0.4, 0.5) is 11.4 Å². The van der Waals surface area contributed by atoms with E-state index >= 15 is 0 Å². The highest BCUT2D eigenvalue weighted by Crippen LogP contribution is 2.47. The molecule has 2 amide bonds. The van der Waals surface area contributed by atoms with Crippen molar-refractivity contribution >= 4 is 40.1 Å².